The third-order valence-electron chi connectivity index (χ3n) is 3.75. The zero-order chi connectivity index (χ0) is 14.8. The summed E-state index contributed by atoms with van der Waals surface area (Å²) in [6, 6.07) is 1.00. The first kappa shape index (κ1) is 16.0. The van der Waals surface area contributed by atoms with Crippen LogP contribution in [0.2, 0.25) is 0 Å². The Bertz CT molecular complexity index is 339. The molecule has 1 N–H and O–H groups in total. The third-order valence-corrected chi connectivity index (χ3v) is 5.08. The molecule has 0 aromatic carbocycles. The van der Waals surface area contributed by atoms with Crippen LogP contribution in [0.3, 0.4) is 0 Å². The van der Waals surface area contributed by atoms with E-state index >= 15 is 0 Å². The van der Waals surface area contributed by atoms with Crippen LogP contribution in [0.4, 0.5) is 4.79 Å². The topological polar surface area (TPSA) is 41.6 Å². The molecule has 2 atom stereocenters. The van der Waals surface area contributed by atoms with E-state index in [9.17, 15) is 4.79 Å². The van der Waals surface area contributed by atoms with E-state index < -0.39 is 5.60 Å². The van der Waals surface area contributed by atoms with Crippen molar-refractivity contribution in [1.29, 1.82) is 0 Å². The average molecular weight is 300 g/mol. The highest BCUT2D eigenvalue weighted by Gasteiger charge is 2.35. The maximum Gasteiger partial charge on any atom is 0.410 e. The molecule has 5 heteroatoms. The summed E-state index contributed by atoms with van der Waals surface area (Å²) in [5.41, 5.74) is -0.408. The van der Waals surface area contributed by atoms with Gasteiger partial charge in [0.25, 0.3) is 0 Å². The van der Waals surface area contributed by atoms with Gasteiger partial charge in [-0.15, -0.1) is 0 Å². The van der Waals surface area contributed by atoms with Gasteiger partial charge in [0.15, 0.2) is 0 Å². The molecule has 1 aliphatic heterocycles. The van der Waals surface area contributed by atoms with Gasteiger partial charge in [-0.1, -0.05) is 6.92 Å². The molecule has 2 aliphatic rings. The number of amides is 1. The molecule has 1 aliphatic carbocycles. The monoisotopic (exact) mass is 300 g/mol. The van der Waals surface area contributed by atoms with Crippen molar-refractivity contribution < 1.29 is 9.53 Å². The Kier molecular flexibility index (Phi) is 5.24. The second kappa shape index (κ2) is 6.56. The first-order valence-electron chi connectivity index (χ1n) is 7.71. The summed E-state index contributed by atoms with van der Waals surface area (Å²) in [5, 5.41) is 4.28. The maximum absolute atomic E-state index is 12.2. The summed E-state index contributed by atoms with van der Waals surface area (Å²) in [6.45, 7) is 9.67. The van der Waals surface area contributed by atoms with E-state index in [0.717, 1.165) is 25.9 Å². The fourth-order valence-electron chi connectivity index (χ4n) is 2.50. The molecule has 0 radical (unpaired) electrons. The lowest BCUT2D eigenvalue weighted by molar-refractivity contribution is 0.0234. The van der Waals surface area contributed by atoms with Crippen molar-refractivity contribution >= 4 is 17.9 Å². The molecule has 116 valence electrons. The van der Waals surface area contributed by atoms with Gasteiger partial charge in [-0.2, -0.15) is 11.8 Å². The van der Waals surface area contributed by atoms with Gasteiger partial charge in [0.05, 0.1) is 0 Å². The Morgan fingerprint density at radius 2 is 2.05 bits per heavy atom. The second-order valence-corrected chi connectivity index (χ2v) is 8.32. The fourth-order valence-corrected chi connectivity index (χ4v) is 3.73. The largest absolute Gasteiger partial charge is 0.444 e. The SMILES string of the molecule is CC1SCCC1NCCN(C(=O)OC(C)(C)C)C1CC1. The number of rotatable bonds is 5. The van der Waals surface area contributed by atoms with E-state index in [1.165, 1.54) is 12.2 Å². The third kappa shape index (κ3) is 4.85. The number of ether oxygens (including phenoxy) is 1. The van der Waals surface area contributed by atoms with Crippen LogP contribution in [0.5, 0.6) is 0 Å². The maximum atomic E-state index is 12.2. The highest BCUT2D eigenvalue weighted by molar-refractivity contribution is 8.00. The summed E-state index contributed by atoms with van der Waals surface area (Å²) >= 11 is 2.03. The van der Waals surface area contributed by atoms with Crippen LogP contribution >= 0.6 is 11.8 Å². The number of thioether (sulfide) groups is 1. The van der Waals surface area contributed by atoms with Crippen LogP contribution in [0.25, 0.3) is 0 Å². The summed E-state index contributed by atoms with van der Waals surface area (Å²) < 4.78 is 5.50. The lowest BCUT2D eigenvalue weighted by Gasteiger charge is -2.28. The van der Waals surface area contributed by atoms with Crippen molar-refractivity contribution in [3.63, 3.8) is 0 Å². The average Bonchev–Trinajstić information content (AvgIpc) is 3.07. The number of hydrogen-bond donors (Lipinski definition) is 1. The van der Waals surface area contributed by atoms with Crippen molar-refractivity contribution in [3.8, 4) is 0 Å². The van der Waals surface area contributed by atoms with Crippen molar-refractivity contribution in [1.82, 2.24) is 10.2 Å². The minimum absolute atomic E-state index is 0.157. The molecular formula is C15H28N2O2S. The van der Waals surface area contributed by atoms with Crippen LogP contribution < -0.4 is 5.32 Å². The van der Waals surface area contributed by atoms with Crippen molar-refractivity contribution in [2.24, 2.45) is 0 Å². The van der Waals surface area contributed by atoms with Gasteiger partial charge in [-0.25, -0.2) is 4.79 Å². The smallest absolute Gasteiger partial charge is 0.410 e. The second-order valence-electron chi connectivity index (χ2n) is 6.83. The highest BCUT2D eigenvalue weighted by atomic mass is 32.2. The zero-order valence-electron chi connectivity index (χ0n) is 13.1. The van der Waals surface area contributed by atoms with E-state index in [4.69, 9.17) is 4.74 Å². The lowest BCUT2D eigenvalue weighted by atomic mass is 10.2. The predicted molar refractivity (Wildman–Crippen MR) is 84.3 cm³/mol. The number of nitrogens with zero attached hydrogens (tertiary/aromatic N) is 1. The first-order chi connectivity index (χ1) is 9.37. The normalized spacial score (nSPS) is 26.6. The summed E-state index contributed by atoms with van der Waals surface area (Å²) in [6.07, 6.45) is 3.32. The Balaban J connectivity index is 1.76. The molecule has 0 aromatic heterocycles. The molecule has 2 fully saturated rings. The molecule has 0 spiro atoms. The molecule has 2 rings (SSSR count). The number of hydrogen-bond acceptors (Lipinski definition) is 4. The Labute approximate surface area is 127 Å². The van der Waals surface area contributed by atoms with E-state index in [1.807, 2.05) is 37.4 Å². The van der Waals surface area contributed by atoms with Gasteiger partial charge in [0.2, 0.25) is 0 Å². The summed E-state index contributed by atoms with van der Waals surface area (Å²) in [7, 11) is 0. The zero-order valence-corrected chi connectivity index (χ0v) is 14.0. The van der Waals surface area contributed by atoms with Gasteiger partial charge >= 0.3 is 6.09 Å². The van der Waals surface area contributed by atoms with Gasteiger partial charge in [-0.3, -0.25) is 0 Å². The fraction of sp³-hybridized carbons (Fsp3) is 0.933. The minimum atomic E-state index is -0.408. The molecule has 0 aromatic rings. The number of nitrogens with one attached hydrogen (secondary N) is 1. The standard InChI is InChI=1S/C15H28N2O2S/c1-11-13(7-10-20-11)16-8-9-17(12-5-6-12)14(18)19-15(2,3)4/h11-13,16H,5-10H2,1-4H3. The molecule has 1 saturated carbocycles. The summed E-state index contributed by atoms with van der Waals surface area (Å²) in [5.74, 6) is 1.25. The molecule has 2 unspecified atom stereocenters. The van der Waals surface area contributed by atoms with Gasteiger partial charge < -0.3 is 15.0 Å². The first-order valence-corrected chi connectivity index (χ1v) is 8.76. The molecule has 20 heavy (non-hydrogen) atoms. The lowest BCUT2D eigenvalue weighted by Crippen LogP contribution is -2.44. The van der Waals surface area contributed by atoms with Crippen LogP contribution in [0.1, 0.15) is 47.0 Å². The summed E-state index contributed by atoms with van der Waals surface area (Å²) in [4.78, 5) is 14.1. The van der Waals surface area contributed by atoms with Crippen molar-refractivity contribution in [2.45, 2.75) is 69.9 Å². The van der Waals surface area contributed by atoms with Crippen LogP contribution in [-0.2, 0) is 4.74 Å². The molecule has 1 heterocycles. The van der Waals surface area contributed by atoms with Crippen molar-refractivity contribution in [2.75, 3.05) is 18.8 Å². The molecule has 1 saturated heterocycles. The molecular weight excluding hydrogens is 272 g/mol. The minimum Gasteiger partial charge on any atom is -0.444 e. The highest BCUT2D eigenvalue weighted by Crippen LogP contribution is 2.28. The predicted octanol–water partition coefficient (Wildman–Crippen LogP) is 2.87. The van der Waals surface area contributed by atoms with Crippen LogP contribution in [-0.4, -0.2) is 52.8 Å². The molecule has 1 amide bonds. The van der Waals surface area contributed by atoms with E-state index in [-0.39, 0.29) is 6.09 Å². The van der Waals surface area contributed by atoms with E-state index in [1.54, 1.807) is 0 Å². The molecule has 4 nitrogen and oxygen atoms in total. The number of carbonyl (C=O) groups is 1. The quantitative estimate of drug-likeness (QED) is 0.848. The van der Waals surface area contributed by atoms with Gasteiger partial charge in [0, 0.05) is 30.4 Å². The number of carbonyl (C=O) groups excluding carboxylic acids is 1. The Hall–Kier alpha value is -0.420. The van der Waals surface area contributed by atoms with Crippen molar-refractivity contribution in [3.05, 3.63) is 0 Å². The molecule has 0 bridgehead atoms. The Morgan fingerprint density at radius 1 is 1.35 bits per heavy atom. The van der Waals surface area contributed by atoms with Gasteiger partial charge in [-0.05, 0) is 45.8 Å². The van der Waals surface area contributed by atoms with E-state index in [0.29, 0.717) is 17.3 Å². The van der Waals surface area contributed by atoms with Crippen LogP contribution in [0.15, 0.2) is 0 Å². The van der Waals surface area contributed by atoms with Gasteiger partial charge in [0.1, 0.15) is 5.60 Å². The Morgan fingerprint density at radius 3 is 2.55 bits per heavy atom. The van der Waals surface area contributed by atoms with E-state index in [2.05, 4.69) is 12.2 Å². The van der Waals surface area contributed by atoms with Crippen LogP contribution in [0, 0.1) is 0 Å².